The molecule has 0 spiro atoms. The van der Waals surface area contributed by atoms with E-state index in [4.69, 9.17) is 0 Å². The molecule has 78 valence electrons. The molecule has 1 aromatic carbocycles. The molecule has 0 bridgehead atoms. The molecule has 0 amide bonds. The SMILES string of the molecule is CC[C@@H](C)Nc1cccc(C(C)C)c1. The predicted molar refractivity (Wildman–Crippen MR) is 63.9 cm³/mol. The van der Waals surface area contributed by atoms with Crippen molar-refractivity contribution in [2.24, 2.45) is 0 Å². The quantitative estimate of drug-likeness (QED) is 0.758. The highest BCUT2D eigenvalue weighted by Gasteiger charge is 2.02. The second-order valence-electron chi connectivity index (χ2n) is 4.23. The second-order valence-corrected chi connectivity index (χ2v) is 4.23. The van der Waals surface area contributed by atoms with Crippen molar-refractivity contribution in [1.29, 1.82) is 0 Å². The zero-order chi connectivity index (χ0) is 10.6. The molecule has 0 radical (unpaired) electrons. The summed E-state index contributed by atoms with van der Waals surface area (Å²) in [5, 5.41) is 3.49. The Balaban J connectivity index is 2.73. The Morgan fingerprint density at radius 1 is 1.21 bits per heavy atom. The Bertz CT molecular complexity index is 278. The fourth-order valence-corrected chi connectivity index (χ4v) is 1.37. The van der Waals surface area contributed by atoms with Crippen molar-refractivity contribution < 1.29 is 0 Å². The maximum atomic E-state index is 3.49. The molecular weight excluding hydrogens is 170 g/mol. The van der Waals surface area contributed by atoms with Gasteiger partial charge in [0, 0.05) is 11.7 Å². The first-order chi connectivity index (χ1) is 6.63. The first-order valence-corrected chi connectivity index (χ1v) is 5.50. The summed E-state index contributed by atoms with van der Waals surface area (Å²) in [5.74, 6) is 0.605. The fraction of sp³-hybridized carbons (Fsp3) is 0.538. The zero-order valence-electron chi connectivity index (χ0n) is 9.67. The van der Waals surface area contributed by atoms with E-state index in [-0.39, 0.29) is 0 Å². The van der Waals surface area contributed by atoms with E-state index >= 15 is 0 Å². The Morgan fingerprint density at radius 3 is 2.50 bits per heavy atom. The third-order valence-electron chi connectivity index (χ3n) is 2.58. The summed E-state index contributed by atoms with van der Waals surface area (Å²) in [5.41, 5.74) is 2.64. The summed E-state index contributed by atoms with van der Waals surface area (Å²) >= 11 is 0. The van der Waals surface area contributed by atoms with Crippen LogP contribution in [0.1, 0.15) is 45.6 Å². The molecule has 0 unspecified atom stereocenters. The molecule has 1 heteroatoms. The van der Waals surface area contributed by atoms with Crippen molar-refractivity contribution in [1.82, 2.24) is 0 Å². The monoisotopic (exact) mass is 191 g/mol. The Labute approximate surface area is 87.5 Å². The highest BCUT2D eigenvalue weighted by atomic mass is 14.9. The second kappa shape index (κ2) is 5.04. The van der Waals surface area contributed by atoms with Crippen LogP contribution in [0.25, 0.3) is 0 Å². The van der Waals surface area contributed by atoms with Crippen molar-refractivity contribution in [2.45, 2.75) is 46.1 Å². The summed E-state index contributed by atoms with van der Waals surface area (Å²) in [4.78, 5) is 0. The van der Waals surface area contributed by atoms with E-state index in [1.165, 1.54) is 11.3 Å². The van der Waals surface area contributed by atoms with Crippen molar-refractivity contribution in [2.75, 3.05) is 5.32 Å². The van der Waals surface area contributed by atoms with Crippen molar-refractivity contribution >= 4 is 5.69 Å². The van der Waals surface area contributed by atoms with Gasteiger partial charge in [0.05, 0.1) is 0 Å². The van der Waals surface area contributed by atoms with Crippen molar-refractivity contribution in [3.05, 3.63) is 29.8 Å². The minimum atomic E-state index is 0.553. The van der Waals surface area contributed by atoms with E-state index in [1.807, 2.05) is 0 Å². The van der Waals surface area contributed by atoms with E-state index in [0.29, 0.717) is 12.0 Å². The van der Waals surface area contributed by atoms with Crippen LogP contribution < -0.4 is 5.32 Å². The molecule has 0 saturated carbocycles. The lowest BCUT2D eigenvalue weighted by atomic mass is 10.0. The molecule has 1 aromatic rings. The van der Waals surface area contributed by atoms with Gasteiger partial charge in [-0.3, -0.25) is 0 Å². The summed E-state index contributed by atoms with van der Waals surface area (Å²) in [6, 6.07) is 9.25. The number of hydrogen-bond acceptors (Lipinski definition) is 1. The minimum absolute atomic E-state index is 0.553. The van der Waals surface area contributed by atoms with Gasteiger partial charge in [0.15, 0.2) is 0 Å². The van der Waals surface area contributed by atoms with Crippen LogP contribution in [0.5, 0.6) is 0 Å². The molecule has 1 rings (SSSR count). The van der Waals surface area contributed by atoms with E-state index in [2.05, 4.69) is 57.3 Å². The molecule has 0 aliphatic rings. The van der Waals surface area contributed by atoms with Gasteiger partial charge in [-0.15, -0.1) is 0 Å². The van der Waals surface area contributed by atoms with Crippen molar-refractivity contribution in [3.63, 3.8) is 0 Å². The van der Waals surface area contributed by atoms with Gasteiger partial charge in [0.1, 0.15) is 0 Å². The van der Waals surface area contributed by atoms with E-state index in [9.17, 15) is 0 Å². The molecule has 1 atom stereocenters. The van der Waals surface area contributed by atoms with Crippen LogP contribution in [0.15, 0.2) is 24.3 Å². The fourth-order valence-electron chi connectivity index (χ4n) is 1.37. The topological polar surface area (TPSA) is 12.0 Å². The van der Waals surface area contributed by atoms with Crippen LogP contribution in [-0.2, 0) is 0 Å². The standard InChI is InChI=1S/C13H21N/c1-5-11(4)14-13-8-6-7-12(9-13)10(2)3/h6-11,14H,5H2,1-4H3/t11-/m1/s1. The van der Waals surface area contributed by atoms with Gasteiger partial charge in [-0.05, 0) is 37.0 Å². The zero-order valence-corrected chi connectivity index (χ0v) is 9.67. The van der Waals surface area contributed by atoms with E-state index < -0.39 is 0 Å². The molecular formula is C13H21N. The normalized spacial score (nSPS) is 12.9. The molecule has 0 aliphatic carbocycles. The molecule has 1 N–H and O–H groups in total. The van der Waals surface area contributed by atoms with Gasteiger partial charge >= 0.3 is 0 Å². The van der Waals surface area contributed by atoms with Crippen LogP contribution in [0.4, 0.5) is 5.69 Å². The summed E-state index contributed by atoms with van der Waals surface area (Å²) in [6.45, 7) is 8.86. The lowest BCUT2D eigenvalue weighted by Crippen LogP contribution is -2.13. The minimum Gasteiger partial charge on any atom is -0.383 e. The van der Waals surface area contributed by atoms with Gasteiger partial charge in [-0.2, -0.15) is 0 Å². The van der Waals surface area contributed by atoms with Crippen LogP contribution >= 0.6 is 0 Å². The van der Waals surface area contributed by atoms with Crippen LogP contribution in [0.3, 0.4) is 0 Å². The highest BCUT2D eigenvalue weighted by molar-refractivity contribution is 5.47. The van der Waals surface area contributed by atoms with Crippen LogP contribution in [0.2, 0.25) is 0 Å². The number of hydrogen-bond donors (Lipinski definition) is 1. The molecule has 0 heterocycles. The lowest BCUT2D eigenvalue weighted by molar-refractivity contribution is 0.763. The Hall–Kier alpha value is -0.980. The largest absolute Gasteiger partial charge is 0.383 e. The summed E-state index contributed by atoms with van der Waals surface area (Å²) in [6.07, 6.45) is 1.16. The summed E-state index contributed by atoms with van der Waals surface area (Å²) < 4.78 is 0. The average molecular weight is 191 g/mol. The smallest absolute Gasteiger partial charge is 0.0345 e. The molecule has 1 nitrogen and oxygen atoms in total. The third-order valence-corrected chi connectivity index (χ3v) is 2.58. The lowest BCUT2D eigenvalue weighted by Gasteiger charge is -2.14. The molecule has 14 heavy (non-hydrogen) atoms. The highest BCUT2D eigenvalue weighted by Crippen LogP contribution is 2.19. The maximum Gasteiger partial charge on any atom is 0.0345 e. The van der Waals surface area contributed by atoms with E-state index in [0.717, 1.165) is 6.42 Å². The van der Waals surface area contributed by atoms with E-state index in [1.54, 1.807) is 0 Å². The van der Waals surface area contributed by atoms with Gasteiger partial charge < -0.3 is 5.32 Å². The summed E-state index contributed by atoms with van der Waals surface area (Å²) in [7, 11) is 0. The van der Waals surface area contributed by atoms with Crippen molar-refractivity contribution in [3.8, 4) is 0 Å². The average Bonchev–Trinajstić information content (AvgIpc) is 2.18. The predicted octanol–water partition coefficient (Wildman–Crippen LogP) is 4.02. The van der Waals surface area contributed by atoms with Gasteiger partial charge in [0.25, 0.3) is 0 Å². The third kappa shape index (κ3) is 3.06. The Kier molecular flexibility index (Phi) is 3.99. The molecule has 0 aromatic heterocycles. The number of anilines is 1. The Morgan fingerprint density at radius 2 is 1.93 bits per heavy atom. The van der Waals surface area contributed by atoms with Crippen LogP contribution in [-0.4, -0.2) is 6.04 Å². The molecule has 0 aliphatic heterocycles. The number of rotatable bonds is 4. The molecule has 0 fully saturated rings. The molecule has 0 saturated heterocycles. The van der Waals surface area contributed by atoms with Gasteiger partial charge in [0.2, 0.25) is 0 Å². The van der Waals surface area contributed by atoms with Gasteiger partial charge in [-0.1, -0.05) is 32.9 Å². The van der Waals surface area contributed by atoms with Gasteiger partial charge in [-0.25, -0.2) is 0 Å². The number of nitrogens with one attached hydrogen (secondary N) is 1. The maximum absolute atomic E-state index is 3.49. The first kappa shape index (κ1) is 11.1. The number of benzene rings is 1. The van der Waals surface area contributed by atoms with Crippen LogP contribution in [0, 0.1) is 0 Å². The first-order valence-electron chi connectivity index (χ1n) is 5.50.